The number of hydrogen-bond donors (Lipinski definition) is 0. The second kappa shape index (κ2) is 8.25. The van der Waals surface area contributed by atoms with Gasteiger partial charge in [-0.3, -0.25) is 19.4 Å². The molecule has 0 atom stereocenters. The van der Waals surface area contributed by atoms with Crippen molar-refractivity contribution in [2.75, 3.05) is 45.8 Å². The fourth-order valence-electron chi connectivity index (χ4n) is 3.51. The molecule has 132 valence electrons. The molecule has 0 unspecified atom stereocenters. The molecule has 2 rings (SSSR count). The molecule has 0 radical (unpaired) electrons. The highest BCUT2D eigenvalue weighted by Gasteiger charge is 2.30. The Kier molecular flexibility index (Phi) is 6.60. The highest BCUT2D eigenvalue weighted by Crippen LogP contribution is 2.19. The summed E-state index contributed by atoms with van der Waals surface area (Å²) in [5, 5.41) is 0. The van der Waals surface area contributed by atoms with E-state index in [4.69, 9.17) is 0 Å². The molecule has 23 heavy (non-hydrogen) atoms. The Labute approximate surface area is 141 Å². The highest BCUT2D eigenvalue weighted by atomic mass is 16.2. The van der Waals surface area contributed by atoms with Crippen molar-refractivity contribution in [3.63, 3.8) is 0 Å². The van der Waals surface area contributed by atoms with Crippen molar-refractivity contribution >= 4 is 11.7 Å². The molecule has 0 aromatic carbocycles. The van der Waals surface area contributed by atoms with Gasteiger partial charge in [0.05, 0.1) is 6.54 Å². The van der Waals surface area contributed by atoms with Gasteiger partial charge in [-0.2, -0.15) is 0 Å². The molecule has 5 heteroatoms. The van der Waals surface area contributed by atoms with Crippen molar-refractivity contribution < 1.29 is 9.59 Å². The third-order valence-corrected chi connectivity index (χ3v) is 5.22. The first kappa shape index (κ1) is 18.4. The number of amides is 1. The summed E-state index contributed by atoms with van der Waals surface area (Å²) >= 11 is 0. The maximum absolute atomic E-state index is 12.1. The van der Waals surface area contributed by atoms with Crippen molar-refractivity contribution in [1.29, 1.82) is 0 Å². The van der Waals surface area contributed by atoms with Crippen LogP contribution in [0, 0.1) is 11.8 Å². The standard InChI is InChI=1S/C18H33N3O2/c1-14(2)17(22)13-19-9-11-20(12-10-19)16-5-7-21(8-6-16)18(23)15(3)4/h14-16H,5-13H2,1-4H3. The number of carbonyl (C=O) groups is 2. The number of carbonyl (C=O) groups excluding carboxylic acids is 2. The lowest BCUT2D eigenvalue weighted by Gasteiger charge is -2.43. The maximum atomic E-state index is 12.1. The van der Waals surface area contributed by atoms with E-state index in [0.717, 1.165) is 52.1 Å². The van der Waals surface area contributed by atoms with Crippen LogP contribution in [0.2, 0.25) is 0 Å². The normalized spacial score (nSPS) is 22.1. The molecular formula is C18H33N3O2. The maximum Gasteiger partial charge on any atom is 0.225 e. The van der Waals surface area contributed by atoms with Crippen LogP contribution in [0.25, 0.3) is 0 Å². The fraction of sp³-hybridized carbons (Fsp3) is 0.889. The van der Waals surface area contributed by atoms with E-state index in [1.165, 1.54) is 0 Å². The zero-order valence-corrected chi connectivity index (χ0v) is 15.3. The minimum atomic E-state index is 0.105. The van der Waals surface area contributed by atoms with Crippen LogP contribution in [-0.4, -0.2) is 78.2 Å². The minimum Gasteiger partial charge on any atom is -0.342 e. The Morgan fingerprint density at radius 2 is 1.43 bits per heavy atom. The van der Waals surface area contributed by atoms with Gasteiger partial charge in [0, 0.05) is 57.1 Å². The van der Waals surface area contributed by atoms with Gasteiger partial charge in [-0.15, -0.1) is 0 Å². The first-order valence-corrected chi connectivity index (χ1v) is 9.16. The molecule has 0 bridgehead atoms. The van der Waals surface area contributed by atoms with Crippen LogP contribution in [0.3, 0.4) is 0 Å². The molecule has 1 amide bonds. The summed E-state index contributed by atoms with van der Waals surface area (Å²) in [6.07, 6.45) is 2.17. The molecule has 0 aromatic rings. The van der Waals surface area contributed by atoms with Crippen molar-refractivity contribution in [3.05, 3.63) is 0 Å². The van der Waals surface area contributed by atoms with E-state index in [1.54, 1.807) is 0 Å². The van der Waals surface area contributed by atoms with Gasteiger partial charge in [0.1, 0.15) is 5.78 Å². The lowest BCUT2D eigenvalue weighted by Crippen LogP contribution is -2.54. The molecule has 5 nitrogen and oxygen atoms in total. The van der Waals surface area contributed by atoms with Crippen molar-refractivity contribution in [1.82, 2.24) is 14.7 Å². The Hall–Kier alpha value is -0.940. The number of rotatable bonds is 5. The van der Waals surface area contributed by atoms with E-state index in [1.807, 2.05) is 32.6 Å². The predicted octanol–water partition coefficient (Wildman–Crippen LogP) is 1.48. The molecule has 2 heterocycles. The number of Topliss-reactive ketones (excluding diaryl/α,β-unsaturated/α-hetero) is 1. The van der Waals surface area contributed by atoms with E-state index in [-0.39, 0.29) is 11.8 Å². The van der Waals surface area contributed by atoms with Crippen LogP contribution in [0.15, 0.2) is 0 Å². The molecule has 0 saturated carbocycles. The SMILES string of the molecule is CC(C)C(=O)CN1CCN(C2CCN(C(=O)C(C)C)CC2)CC1. The minimum absolute atomic E-state index is 0.105. The summed E-state index contributed by atoms with van der Waals surface area (Å²) in [4.78, 5) is 30.8. The predicted molar refractivity (Wildman–Crippen MR) is 92.3 cm³/mol. The van der Waals surface area contributed by atoms with Crippen LogP contribution >= 0.6 is 0 Å². The van der Waals surface area contributed by atoms with E-state index in [9.17, 15) is 9.59 Å². The average molecular weight is 323 g/mol. The lowest BCUT2D eigenvalue weighted by atomic mass is 10.0. The van der Waals surface area contributed by atoms with Gasteiger partial charge in [0.2, 0.25) is 5.91 Å². The van der Waals surface area contributed by atoms with E-state index < -0.39 is 0 Å². The molecule has 2 aliphatic heterocycles. The van der Waals surface area contributed by atoms with Crippen molar-refractivity contribution in [2.45, 2.75) is 46.6 Å². The monoisotopic (exact) mass is 323 g/mol. The van der Waals surface area contributed by atoms with Crippen LogP contribution in [0.5, 0.6) is 0 Å². The van der Waals surface area contributed by atoms with Crippen LogP contribution in [-0.2, 0) is 9.59 Å². The first-order valence-electron chi connectivity index (χ1n) is 9.16. The van der Waals surface area contributed by atoms with E-state index >= 15 is 0 Å². The molecule has 0 spiro atoms. The van der Waals surface area contributed by atoms with Gasteiger partial charge < -0.3 is 4.90 Å². The van der Waals surface area contributed by atoms with Gasteiger partial charge in [0.25, 0.3) is 0 Å². The van der Waals surface area contributed by atoms with Crippen molar-refractivity contribution in [3.8, 4) is 0 Å². The van der Waals surface area contributed by atoms with Gasteiger partial charge in [-0.1, -0.05) is 27.7 Å². The summed E-state index contributed by atoms with van der Waals surface area (Å²) in [5.41, 5.74) is 0. The molecule has 0 aromatic heterocycles. The summed E-state index contributed by atoms with van der Waals surface area (Å²) in [7, 11) is 0. The molecular weight excluding hydrogens is 290 g/mol. The Balaban J connectivity index is 1.72. The fourth-order valence-corrected chi connectivity index (χ4v) is 3.51. The van der Waals surface area contributed by atoms with E-state index in [0.29, 0.717) is 24.3 Å². The average Bonchev–Trinajstić information content (AvgIpc) is 2.55. The van der Waals surface area contributed by atoms with Crippen molar-refractivity contribution in [2.24, 2.45) is 11.8 Å². The molecule has 0 N–H and O–H groups in total. The Morgan fingerprint density at radius 1 is 0.870 bits per heavy atom. The molecule has 0 aliphatic carbocycles. The zero-order valence-electron chi connectivity index (χ0n) is 15.3. The highest BCUT2D eigenvalue weighted by molar-refractivity contribution is 5.82. The van der Waals surface area contributed by atoms with Crippen LogP contribution < -0.4 is 0 Å². The summed E-state index contributed by atoms with van der Waals surface area (Å²) in [6, 6.07) is 0.606. The second-order valence-electron chi connectivity index (χ2n) is 7.64. The number of piperazine rings is 1. The topological polar surface area (TPSA) is 43.9 Å². The second-order valence-corrected chi connectivity index (χ2v) is 7.64. The number of likely N-dealkylation sites (tertiary alicyclic amines) is 1. The largest absolute Gasteiger partial charge is 0.342 e. The molecule has 2 aliphatic rings. The van der Waals surface area contributed by atoms with Gasteiger partial charge >= 0.3 is 0 Å². The molecule has 2 saturated heterocycles. The van der Waals surface area contributed by atoms with Gasteiger partial charge in [0.15, 0.2) is 0 Å². The van der Waals surface area contributed by atoms with Crippen LogP contribution in [0.1, 0.15) is 40.5 Å². The molecule has 2 fully saturated rings. The number of ketones is 1. The quantitative estimate of drug-likeness (QED) is 0.769. The first-order chi connectivity index (χ1) is 10.9. The summed E-state index contributed by atoms with van der Waals surface area (Å²) < 4.78 is 0. The van der Waals surface area contributed by atoms with Crippen LogP contribution in [0.4, 0.5) is 0 Å². The summed E-state index contributed by atoms with van der Waals surface area (Å²) in [6.45, 7) is 14.4. The smallest absolute Gasteiger partial charge is 0.225 e. The zero-order chi connectivity index (χ0) is 17.0. The third kappa shape index (κ3) is 5.01. The number of piperidine rings is 1. The number of nitrogens with zero attached hydrogens (tertiary/aromatic N) is 3. The summed E-state index contributed by atoms with van der Waals surface area (Å²) in [5.74, 6) is 0.879. The lowest BCUT2D eigenvalue weighted by molar-refractivity contribution is -0.136. The van der Waals surface area contributed by atoms with Gasteiger partial charge in [-0.25, -0.2) is 0 Å². The third-order valence-electron chi connectivity index (χ3n) is 5.22. The van der Waals surface area contributed by atoms with Gasteiger partial charge in [-0.05, 0) is 12.8 Å². The Morgan fingerprint density at radius 3 is 1.91 bits per heavy atom. The van der Waals surface area contributed by atoms with E-state index in [2.05, 4.69) is 9.80 Å². The Bertz CT molecular complexity index is 406. The number of hydrogen-bond acceptors (Lipinski definition) is 4.